The highest BCUT2D eigenvalue weighted by Gasteiger charge is 2.17. The Morgan fingerprint density at radius 1 is 1.07 bits per heavy atom. The Morgan fingerprint density at radius 3 is 2.34 bits per heavy atom. The van der Waals surface area contributed by atoms with Crippen molar-refractivity contribution in [1.82, 2.24) is 20.2 Å². The maximum absolute atomic E-state index is 12.6. The van der Waals surface area contributed by atoms with Crippen molar-refractivity contribution in [3.05, 3.63) is 62.8 Å². The van der Waals surface area contributed by atoms with Crippen LogP contribution in [0.5, 0.6) is 0 Å². The molecule has 1 aliphatic heterocycles. The third-order valence-electron chi connectivity index (χ3n) is 5.26. The lowest BCUT2D eigenvalue weighted by atomic mass is 10.1. The van der Waals surface area contributed by atoms with Gasteiger partial charge in [-0.3, -0.25) is 14.4 Å². The molecule has 1 aromatic heterocycles. The van der Waals surface area contributed by atoms with Gasteiger partial charge in [0.1, 0.15) is 5.82 Å². The van der Waals surface area contributed by atoms with Crippen molar-refractivity contribution in [3.8, 4) is 0 Å². The van der Waals surface area contributed by atoms with Gasteiger partial charge >= 0.3 is 0 Å². The fourth-order valence-corrected chi connectivity index (χ4v) is 3.60. The highest BCUT2D eigenvalue weighted by molar-refractivity contribution is 5.94. The summed E-state index contributed by atoms with van der Waals surface area (Å²) in [6.07, 6.45) is 4.49. The predicted octanol–water partition coefficient (Wildman–Crippen LogP) is 2.26. The molecule has 3 rings (SSSR count). The van der Waals surface area contributed by atoms with Crippen LogP contribution in [0.1, 0.15) is 58.7 Å². The Morgan fingerprint density at radius 2 is 1.72 bits per heavy atom. The van der Waals surface area contributed by atoms with E-state index in [1.165, 1.54) is 12.8 Å². The number of likely N-dealkylation sites (tertiary alicyclic amines) is 1. The SMILES string of the molecule is Cc1nc(C)c(CC(=O)NCc2ccc(C(=O)N3CCCCCC3)cc2)c(=O)[nH]1. The summed E-state index contributed by atoms with van der Waals surface area (Å²) in [4.78, 5) is 45.6. The summed E-state index contributed by atoms with van der Waals surface area (Å²) in [5, 5.41) is 2.82. The summed E-state index contributed by atoms with van der Waals surface area (Å²) in [6.45, 7) is 5.42. The van der Waals surface area contributed by atoms with Gasteiger partial charge in [0.15, 0.2) is 0 Å². The van der Waals surface area contributed by atoms with E-state index in [-0.39, 0.29) is 23.8 Å². The number of aromatic amines is 1. The smallest absolute Gasteiger partial charge is 0.254 e. The molecule has 1 saturated heterocycles. The maximum atomic E-state index is 12.6. The second-order valence-electron chi connectivity index (χ2n) is 7.57. The van der Waals surface area contributed by atoms with E-state index in [1.807, 2.05) is 29.2 Å². The van der Waals surface area contributed by atoms with Gasteiger partial charge in [-0.1, -0.05) is 25.0 Å². The first kappa shape index (κ1) is 20.8. The number of amides is 2. The summed E-state index contributed by atoms with van der Waals surface area (Å²) in [6, 6.07) is 7.34. The van der Waals surface area contributed by atoms with Crippen LogP contribution in [0.4, 0.5) is 0 Å². The zero-order valence-corrected chi connectivity index (χ0v) is 17.1. The molecule has 7 nitrogen and oxygen atoms in total. The van der Waals surface area contributed by atoms with Gasteiger partial charge < -0.3 is 15.2 Å². The molecule has 7 heteroatoms. The molecule has 0 bridgehead atoms. The van der Waals surface area contributed by atoms with Crippen LogP contribution in [-0.4, -0.2) is 39.8 Å². The number of rotatable bonds is 5. The zero-order chi connectivity index (χ0) is 20.8. The molecule has 29 heavy (non-hydrogen) atoms. The van der Waals surface area contributed by atoms with E-state index in [2.05, 4.69) is 15.3 Å². The van der Waals surface area contributed by atoms with Gasteiger partial charge in [-0.15, -0.1) is 0 Å². The molecular weight excluding hydrogens is 368 g/mol. The van der Waals surface area contributed by atoms with Gasteiger partial charge in [-0.2, -0.15) is 0 Å². The highest BCUT2D eigenvalue weighted by Crippen LogP contribution is 2.14. The number of nitrogens with one attached hydrogen (secondary N) is 2. The molecule has 154 valence electrons. The number of hydrogen-bond acceptors (Lipinski definition) is 4. The normalized spacial score (nSPS) is 14.3. The lowest BCUT2D eigenvalue weighted by Gasteiger charge is -2.20. The van der Waals surface area contributed by atoms with Crippen LogP contribution in [0, 0.1) is 13.8 Å². The van der Waals surface area contributed by atoms with Crippen LogP contribution < -0.4 is 10.9 Å². The number of H-pyrrole nitrogens is 1. The maximum Gasteiger partial charge on any atom is 0.254 e. The fourth-order valence-electron chi connectivity index (χ4n) is 3.60. The van der Waals surface area contributed by atoms with E-state index in [9.17, 15) is 14.4 Å². The summed E-state index contributed by atoms with van der Waals surface area (Å²) in [5.74, 6) is 0.365. The molecule has 0 spiro atoms. The van der Waals surface area contributed by atoms with Gasteiger partial charge in [-0.05, 0) is 44.4 Å². The molecule has 0 saturated carbocycles. The Balaban J connectivity index is 1.55. The van der Waals surface area contributed by atoms with Crippen molar-refractivity contribution < 1.29 is 9.59 Å². The summed E-state index contributed by atoms with van der Waals surface area (Å²) in [5.41, 5.74) is 2.25. The minimum Gasteiger partial charge on any atom is -0.352 e. The van der Waals surface area contributed by atoms with Crippen molar-refractivity contribution in [2.24, 2.45) is 0 Å². The third-order valence-corrected chi connectivity index (χ3v) is 5.26. The predicted molar refractivity (Wildman–Crippen MR) is 111 cm³/mol. The van der Waals surface area contributed by atoms with Crippen LogP contribution in [0.3, 0.4) is 0 Å². The lowest BCUT2D eigenvalue weighted by Crippen LogP contribution is -2.31. The molecule has 1 aromatic carbocycles. The minimum absolute atomic E-state index is 0.0139. The average Bonchev–Trinajstić information content (AvgIpc) is 2.98. The molecule has 2 heterocycles. The number of aryl methyl sites for hydroxylation is 2. The Bertz CT molecular complexity index is 926. The number of carbonyl (C=O) groups is 2. The largest absolute Gasteiger partial charge is 0.352 e. The van der Waals surface area contributed by atoms with Gasteiger partial charge in [0.2, 0.25) is 5.91 Å². The highest BCUT2D eigenvalue weighted by atomic mass is 16.2. The average molecular weight is 396 g/mol. The number of hydrogen-bond donors (Lipinski definition) is 2. The molecule has 1 aliphatic rings. The first-order valence-corrected chi connectivity index (χ1v) is 10.2. The molecular formula is C22H28N4O3. The monoisotopic (exact) mass is 396 g/mol. The van der Waals surface area contributed by atoms with Crippen LogP contribution >= 0.6 is 0 Å². The molecule has 1 fully saturated rings. The van der Waals surface area contributed by atoms with Gasteiger partial charge in [-0.25, -0.2) is 4.98 Å². The van der Waals surface area contributed by atoms with E-state index >= 15 is 0 Å². The van der Waals surface area contributed by atoms with Crippen LogP contribution in [0.15, 0.2) is 29.1 Å². The van der Waals surface area contributed by atoms with E-state index < -0.39 is 0 Å². The van der Waals surface area contributed by atoms with Crippen LogP contribution in [0.25, 0.3) is 0 Å². The molecule has 0 unspecified atom stereocenters. The van der Waals surface area contributed by atoms with Crippen LogP contribution in [-0.2, 0) is 17.8 Å². The van der Waals surface area contributed by atoms with E-state index in [0.717, 1.165) is 31.5 Å². The number of nitrogens with zero attached hydrogens (tertiary/aromatic N) is 2. The second-order valence-corrected chi connectivity index (χ2v) is 7.57. The fraction of sp³-hybridized carbons (Fsp3) is 0.455. The first-order chi connectivity index (χ1) is 13.9. The quantitative estimate of drug-likeness (QED) is 0.810. The molecule has 0 aliphatic carbocycles. The number of carbonyl (C=O) groups excluding carboxylic acids is 2. The standard InChI is InChI=1S/C22H28N4O3/c1-15-19(21(28)25-16(2)24-15)13-20(27)23-14-17-7-9-18(10-8-17)22(29)26-11-5-3-4-6-12-26/h7-10H,3-6,11-14H2,1-2H3,(H,23,27)(H,24,25,28). The van der Waals surface area contributed by atoms with E-state index in [0.29, 0.717) is 29.2 Å². The van der Waals surface area contributed by atoms with Crippen molar-refractivity contribution >= 4 is 11.8 Å². The van der Waals surface area contributed by atoms with Crippen LogP contribution in [0.2, 0.25) is 0 Å². The van der Waals surface area contributed by atoms with Gasteiger partial charge in [0.25, 0.3) is 11.5 Å². The summed E-state index contributed by atoms with van der Waals surface area (Å²) in [7, 11) is 0. The number of benzene rings is 1. The van der Waals surface area contributed by atoms with Crippen molar-refractivity contribution in [2.75, 3.05) is 13.1 Å². The minimum atomic E-state index is -0.276. The Labute approximate surface area is 170 Å². The molecule has 2 N–H and O–H groups in total. The molecule has 0 radical (unpaired) electrons. The van der Waals surface area contributed by atoms with Crippen molar-refractivity contribution in [1.29, 1.82) is 0 Å². The lowest BCUT2D eigenvalue weighted by molar-refractivity contribution is -0.120. The third kappa shape index (κ3) is 5.53. The summed E-state index contributed by atoms with van der Waals surface area (Å²) < 4.78 is 0. The van der Waals surface area contributed by atoms with Crippen molar-refractivity contribution in [3.63, 3.8) is 0 Å². The molecule has 0 atom stereocenters. The zero-order valence-electron chi connectivity index (χ0n) is 17.1. The van der Waals surface area contributed by atoms with Crippen molar-refractivity contribution in [2.45, 2.75) is 52.5 Å². The first-order valence-electron chi connectivity index (χ1n) is 10.2. The number of aromatic nitrogens is 2. The van der Waals surface area contributed by atoms with E-state index in [1.54, 1.807) is 13.8 Å². The topological polar surface area (TPSA) is 95.2 Å². The summed E-state index contributed by atoms with van der Waals surface area (Å²) >= 11 is 0. The van der Waals surface area contributed by atoms with Gasteiger partial charge in [0, 0.05) is 36.5 Å². The van der Waals surface area contributed by atoms with E-state index in [4.69, 9.17) is 0 Å². The van der Waals surface area contributed by atoms with Gasteiger partial charge in [0.05, 0.1) is 6.42 Å². The Hall–Kier alpha value is -2.96. The second kappa shape index (κ2) is 9.49. The molecule has 2 amide bonds. The molecule has 2 aromatic rings. The Kier molecular flexibility index (Phi) is 6.80.